The monoisotopic (exact) mass is 505 g/mol. The van der Waals surface area contributed by atoms with Gasteiger partial charge in [0.1, 0.15) is 22.5 Å². The second-order valence-corrected chi connectivity index (χ2v) is 10.6. The molecule has 0 radical (unpaired) electrons. The molecule has 0 saturated carbocycles. The van der Waals surface area contributed by atoms with Crippen LogP contribution < -0.4 is 4.89 Å². The van der Waals surface area contributed by atoms with Crippen molar-refractivity contribution in [3.05, 3.63) is 77.9 Å². The Bertz CT molecular complexity index is 1440. The standard InChI is InChI=1S/C27H27N3O5S/c1-16(2)26(32)34-35-33-18-7-9-19(10-8-18)36-20-11-12-22-23(15-20)29-30(28-22)24-14-17(3)13-21(25(24)31)27(4,5)6/h7-15,31H,1H2,2-6H3. The Hall–Kier alpha value is -3.82. The molecule has 0 aliphatic heterocycles. The third-order valence-corrected chi connectivity index (χ3v) is 6.25. The highest BCUT2D eigenvalue weighted by molar-refractivity contribution is 7.99. The van der Waals surface area contributed by atoms with E-state index in [1.807, 2.05) is 49.4 Å². The van der Waals surface area contributed by atoms with E-state index in [4.69, 9.17) is 4.89 Å². The van der Waals surface area contributed by atoms with Gasteiger partial charge in [-0.25, -0.2) is 4.79 Å². The van der Waals surface area contributed by atoms with Crippen molar-refractivity contribution >= 4 is 28.8 Å². The van der Waals surface area contributed by atoms with Crippen molar-refractivity contribution in [3.8, 4) is 17.2 Å². The summed E-state index contributed by atoms with van der Waals surface area (Å²) in [7, 11) is 0. The van der Waals surface area contributed by atoms with Crippen LogP contribution in [-0.2, 0) is 20.1 Å². The van der Waals surface area contributed by atoms with Crippen molar-refractivity contribution < 1.29 is 24.7 Å². The number of nitrogens with zero attached hydrogens (tertiary/aromatic N) is 3. The molecule has 0 bridgehead atoms. The minimum absolute atomic E-state index is 0.184. The van der Waals surface area contributed by atoms with Crippen LogP contribution in [0.3, 0.4) is 0 Å². The predicted molar refractivity (Wildman–Crippen MR) is 137 cm³/mol. The van der Waals surface area contributed by atoms with Crippen LogP contribution in [-0.4, -0.2) is 26.1 Å². The van der Waals surface area contributed by atoms with E-state index >= 15 is 0 Å². The van der Waals surface area contributed by atoms with Gasteiger partial charge in [0, 0.05) is 26.0 Å². The fraction of sp³-hybridized carbons (Fsp3) is 0.222. The first-order valence-corrected chi connectivity index (χ1v) is 12.0. The quantitative estimate of drug-likeness (QED) is 0.179. The van der Waals surface area contributed by atoms with Crippen LogP contribution in [0.25, 0.3) is 16.7 Å². The highest BCUT2D eigenvalue weighted by Crippen LogP contribution is 2.36. The van der Waals surface area contributed by atoms with E-state index in [-0.39, 0.29) is 16.7 Å². The zero-order chi connectivity index (χ0) is 26.0. The first-order valence-electron chi connectivity index (χ1n) is 11.2. The lowest BCUT2D eigenvalue weighted by molar-refractivity contribution is -0.435. The SMILES string of the molecule is C=C(C)C(=O)OOOc1ccc(Sc2ccc3nn(-c4cc(C)cc(C(C)(C)C)c4O)nc3c2)cc1. The van der Waals surface area contributed by atoms with E-state index in [1.54, 1.807) is 23.9 Å². The lowest BCUT2D eigenvalue weighted by Gasteiger charge is -2.22. The van der Waals surface area contributed by atoms with Crippen LogP contribution in [0.4, 0.5) is 0 Å². The second kappa shape index (κ2) is 10.0. The average molecular weight is 506 g/mol. The molecule has 0 spiro atoms. The zero-order valence-corrected chi connectivity index (χ0v) is 21.5. The molecule has 4 aromatic rings. The number of hydrogen-bond donors (Lipinski definition) is 1. The molecule has 186 valence electrons. The summed E-state index contributed by atoms with van der Waals surface area (Å²) < 4.78 is 0. The number of fused-ring (bicyclic) bond motifs is 1. The number of carbonyl (C=O) groups is 1. The van der Waals surface area contributed by atoms with Gasteiger partial charge in [0.15, 0.2) is 5.75 Å². The Morgan fingerprint density at radius 3 is 2.33 bits per heavy atom. The van der Waals surface area contributed by atoms with Crippen molar-refractivity contribution in [2.45, 2.75) is 49.8 Å². The summed E-state index contributed by atoms with van der Waals surface area (Å²) in [5, 5.41) is 24.6. The molecule has 1 N–H and O–H groups in total. The molecule has 8 nitrogen and oxygen atoms in total. The zero-order valence-electron chi connectivity index (χ0n) is 20.7. The Morgan fingerprint density at radius 2 is 1.67 bits per heavy atom. The minimum atomic E-state index is -0.707. The van der Waals surface area contributed by atoms with Crippen molar-refractivity contribution in [1.29, 1.82) is 0 Å². The Kier molecular flexibility index (Phi) is 7.05. The van der Waals surface area contributed by atoms with Gasteiger partial charge >= 0.3 is 5.97 Å². The van der Waals surface area contributed by atoms with E-state index in [0.29, 0.717) is 17.0 Å². The van der Waals surface area contributed by atoms with Crippen LogP contribution in [0.2, 0.25) is 0 Å². The molecule has 3 aromatic carbocycles. The van der Waals surface area contributed by atoms with Crippen LogP contribution in [0.1, 0.15) is 38.8 Å². The summed E-state index contributed by atoms with van der Waals surface area (Å²) in [5.74, 6) is -0.148. The number of carbonyl (C=O) groups excluding carboxylic acids is 1. The number of benzene rings is 3. The first-order chi connectivity index (χ1) is 17.0. The Labute approximate surface area is 213 Å². The van der Waals surface area contributed by atoms with Crippen LogP contribution in [0, 0.1) is 6.92 Å². The van der Waals surface area contributed by atoms with E-state index in [0.717, 1.165) is 26.4 Å². The molecular formula is C27H27N3O5S. The number of aromatic nitrogens is 3. The molecule has 0 aliphatic rings. The minimum Gasteiger partial charge on any atom is -0.505 e. The summed E-state index contributed by atoms with van der Waals surface area (Å²) in [5.41, 5.74) is 3.85. The van der Waals surface area contributed by atoms with Gasteiger partial charge in [-0.3, -0.25) is 9.78 Å². The number of rotatable bonds is 7. The molecule has 0 atom stereocenters. The van der Waals surface area contributed by atoms with Gasteiger partial charge in [0.2, 0.25) is 0 Å². The maximum absolute atomic E-state index is 11.3. The highest BCUT2D eigenvalue weighted by atomic mass is 32.2. The van der Waals surface area contributed by atoms with Gasteiger partial charge in [-0.05, 0) is 73.4 Å². The third-order valence-electron chi connectivity index (χ3n) is 5.26. The third kappa shape index (κ3) is 5.69. The predicted octanol–water partition coefficient (Wildman–Crippen LogP) is 6.23. The fourth-order valence-corrected chi connectivity index (χ4v) is 4.26. The van der Waals surface area contributed by atoms with E-state index in [1.165, 1.54) is 11.7 Å². The molecule has 0 amide bonds. The fourth-order valence-electron chi connectivity index (χ4n) is 3.41. The van der Waals surface area contributed by atoms with Gasteiger partial charge in [0.05, 0.1) is 0 Å². The molecule has 0 aliphatic carbocycles. The highest BCUT2D eigenvalue weighted by Gasteiger charge is 2.22. The number of phenolic OH excluding ortho intramolecular Hbond substituents is 1. The number of aryl methyl sites for hydroxylation is 1. The van der Waals surface area contributed by atoms with Crippen LogP contribution >= 0.6 is 11.8 Å². The molecule has 4 rings (SSSR count). The van der Waals surface area contributed by atoms with Crippen molar-refractivity contribution in [1.82, 2.24) is 15.0 Å². The summed E-state index contributed by atoms with van der Waals surface area (Å²) in [6.07, 6.45) is 0. The number of phenols is 1. The average Bonchev–Trinajstić information content (AvgIpc) is 3.24. The second-order valence-electron chi connectivity index (χ2n) is 9.45. The topological polar surface area (TPSA) is 95.7 Å². The molecule has 36 heavy (non-hydrogen) atoms. The molecule has 0 saturated heterocycles. The van der Waals surface area contributed by atoms with E-state index in [2.05, 4.69) is 47.5 Å². The lowest BCUT2D eigenvalue weighted by atomic mass is 9.85. The summed E-state index contributed by atoms with van der Waals surface area (Å²) in [6, 6.07) is 16.8. The molecule has 0 unspecified atom stereocenters. The summed E-state index contributed by atoms with van der Waals surface area (Å²) >= 11 is 1.54. The lowest BCUT2D eigenvalue weighted by Crippen LogP contribution is -2.13. The number of aromatic hydroxyl groups is 1. The smallest absolute Gasteiger partial charge is 0.372 e. The van der Waals surface area contributed by atoms with Crippen molar-refractivity contribution in [3.63, 3.8) is 0 Å². The van der Waals surface area contributed by atoms with Crippen molar-refractivity contribution in [2.24, 2.45) is 0 Å². The van der Waals surface area contributed by atoms with Crippen LogP contribution in [0.15, 0.2) is 76.5 Å². The largest absolute Gasteiger partial charge is 0.505 e. The molecule has 9 heteroatoms. The number of hydrogen-bond acceptors (Lipinski definition) is 8. The van der Waals surface area contributed by atoms with E-state index < -0.39 is 5.97 Å². The maximum atomic E-state index is 11.3. The first kappa shape index (κ1) is 25.3. The normalized spacial score (nSPS) is 11.5. The molecule has 1 aromatic heterocycles. The Balaban J connectivity index is 1.50. The van der Waals surface area contributed by atoms with E-state index in [9.17, 15) is 9.90 Å². The van der Waals surface area contributed by atoms with Gasteiger partial charge in [0.25, 0.3) is 0 Å². The van der Waals surface area contributed by atoms with Gasteiger partial charge in [-0.15, -0.1) is 15.0 Å². The van der Waals surface area contributed by atoms with Gasteiger partial charge < -0.3 is 5.11 Å². The van der Waals surface area contributed by atoms with Gasteiger partial charge in [-0.1, -0.05) is 45.2 Å². The summed E-state index contributed by atoms with van der Waals surface area (Å²) in [4.78, 5) is 24.1. The van der Waals surface area contributed by atoms with Crippen molar-refractivity contribution in [2.75, 3.05) is 0 Å². The van der Waals surface area contributed by atoms with Crippen LogP contribution in [0.5, 0.6) is 11.5 Å². The summed E-state index contributed by atoms with van der Waals surface area (Å²) in [6.45, 7) is 13.1. The maximum Gasteiger partial charge on any atom is 0.372 e. The molecule has 1 heterocycles. The Morgan fingerprint density at radius 1 is 1.00 bits per heavy atom. The molecular weight excluding hydrogens is 478 g/mol. The molecule has 0 fully saturated rings. The van der Waals surface area contributed by atoms with Gasteiger partial charge in [-0.2, -0.15) is 0 Å².